The quantitative estimate of drug-likeness (QED) is 0.776. The van der Waals surface area contributed by atoms with Gasteiger partial charge >= 0.3 is 0 Å². The van der Waals surface area contributed by atoms with Crippen LogP contribution in [0.15, 0.2) is 53.7 Å². The summed E-state index contributed by atoms with van der Waals surface area (Å²) in [6.45, 7) is 5.43. The van der Waals surface area contributed by atoms with Crippen molar-refractivity contribution in [2.45, 2.75) is 37.8 Å². The molecule has 2 atom stereocenters. The highest BCUT2D eigenvalue weighted by molar-refractivity contribution is 6.39. The van der Waals surface area contributed by atoms with Crippen molar-refractivity contribution < 1.29 is 19.1 Å². The first-order chi connectivity index (χ1) is 15.1. The lowest BCUT2D eigenvalue weighted by atomic mass is 9.96. The SMILES string of the molecule is C[C@H](CNC(=O)C1=NO[C@@]2(CCN(Cc3ccc4c(c3)OCO4)C2)C1)c1ccccc1. The number of benzene rings is 2. The van der Waals surface area contributed by atoms with Gasteiger partial charge in [0.15, 0.2) is 17.1 Å². The summed E-state index contributed by atoms with van der Waals surface area (Å²) in [7, 11) is 0. The molecule has 0 saturated carbocycles. The Morgan fingerprint density at radius 3 is 2.90 bits per heavy atom. The van der Waals surface area contributed by atoms with E-state index in [9.17, 15) is 4.79 Å². The number of hydrogen-bond acceptors (Lipinski definition) is 6. The Morgan fingerprint density at radius 1 is 1.19 bits per heavy atom. The van der Waals surface area contributed by atoms with Crippen molar-refractivity contribution in [3.05, 3.63) is 59.7 Å². The van der Waals surface area contributed by atoms with Crippen molar-refractivity contribution in [3.63, 3.8) is 0 Å². The van der Waals surface area contributed by atoms with Gasteiger partial charge < -0.3 is 19.6 Å². The molecule has 3 aliphatic heterocycles. The molecule has 31 heavy (non-hydrogen) atoms. The summed E-state index contributed by atoms with van der Waals surface area (Å²) in [5, 5.41) is 7.17. The molecule has 0 aliphatic carbocycles. The number of hydrogen-bond donors (Lipinski definition) is 1. The van der Waals surface area contributed by atoms with E-state index in [2.05, 4.69) is 40.5 Å². The molecule has 3 aliphatic rings. The smallest absolute Gasteiger partial charge is 0.269 e. The molecule has 5 rings (SSSR count). The second-order valence-electron chi connectivity index (χ2n) is 8.66. The Bertz CT molecular complexity index is 994. The average Bonchev–Trinajstić information content (AvgIpc) is 3.53. The van der Waals surface area contributed by atoms with Crippen molar-refractivity contribution >= 4 is 11.6 Å². The van der Waals surface area contributed by atoms with Crippen molar-refractivity contribution in [1.29, 1.82) is 0 Å². The summed E-state index contributed by atoms with van der Waals surface area (Å²) < 4.78 is 10.9. The zero-order valence-electron chi connectivity index (χ0n) is 17.7. The third kappa shape index (κ3) is 4.23. The number of ether oxygens (including phenoxy) is 2. The van der Waals surface area contributed by atoms with E-state index in [0.29, 0.717) is 18.7 Å². The number of fused-ring (bicyclic) bond motifs is 1. The van der Waals surface area contributed by atoms with Crippen LogP contribution in [-0.2, 0) is 16.2 Å². The number of amides is 1. The minimum atomic E-state index is -0.395. The molecule has 1 fully saturated rings. The summed E-state index contributed by atoms with van der Waals surface area (Å²) in [5.41, 5.74) is 2.48. The highest BCUT2D eigenvalue weighted by Gasteiger charge is 2.46. The lowest BCUT2D eigenvalue weighted by Gasteiger charge is -2.21. The fourth-order valence-corrected chi connectivity index (χ4v) is 4.47. The van der Waals surface area contributed by atoms with Gasteiger partial charge in [-0.25, -0.2) is 0 Å². The highest BCUT2D eigenvalue weighted by atomic mass is 16.7. The summed E-state index contributed by atoms with van der Waals surface area (Å²) in [6, 6.07) is 16.2. The maximum atomic E-state index is 12.6. The van der Waals surface area contributed by atoms with Crippen LogP contribution in [0.25, 0.3) is 0 Å². The van der Waals surface area contributed by atoms with E-state index in [4.69, 9.17) is 14.3 Å². The Hall–Kier alpha value is -3.06. The first-order valence-electron chi connectivity index (χ1n) is 10.8. The van der Waals surface area contributed by atoms with Crippen LogP contribution in [0.2, 0.25) is 0 Å². The van der Waals surface area contributed by atoms with Crippen molar-refractivity contribution in [1.82, 2.24) is 10.2 Å². The van der Waals surface area contributed by atoms with E-state index in [0.717, 1.165) is 37.6 Å². The monoisotopic (exact) mass is 421 g/mol. The molecule has 2 aromatic carbocycles. The number of carbonyl (C=O) groups is 1. The van der Waals surface area contributed by atoms with E-state index in [-0.39, 0.29) is 18.6 Å². The molecule has 1 amide bonds. The van der Waals surface area contributed by atoms with Crippen LogP contribution < -0.4 is 14.8 Å². The maximum Gasteiger partial charge on any atom is 0.269 e. The Morgan fingerprint density at radius 2 is 2.03 bits per heavy atom. The first kappa shape index (κ1) is 19.9. The topological polar surface area (TPSA) is 72.4 Å². The molecule has 162 valence electrons. The molecule has 0 bridgehead atoms. The van der Waals surface area contributed by atoms with Crippen LogP contribution in [0.4, 0.5) is 0 Å². The summed E-state index contributed by atoms with van der Waals surface area (Å²) >= 11 is 0. The van der Waals surface area contributed by atoms with Crippen molar-refractivity contribution in [3.8, 4) is 11.5 Å². The molecule has 1 spiro atoms. The van der Waals surface area contributed by atoms with E-state index in [1.54, 1.807) is 0 Å². The number of oxime groups is 1. The molecule has 3 heterocycles. The minimum Gasteiger partial charge on any atom is -0.454 e. The van der Waals surface area contributed by atoms with Crippen LogP contribution in [-0.4, -0.2) is 48.5 Å². The molecule has 7 heteroatoms. The van der Waals surface area contributed by atoms with E-state index >= 15 is 0 Å². The Labute approximate surface area is 182 Å². The molecule has 1 saturated heterocycles. The largest absolute Gasteiger partial charge is 0.454 e. The Balaban J connectivity index is 1.12. The van der Waals surface area contributed by atoms with Crippen LogP contribution in [0, 0.1) is 0 Å². The molecule has 0 unspecified atom stereocenters. The van der Waals surface area contributed by atoms with Gasteiger partial charge in [-0.3, -0.25) is 9.69 Å². The highest BCUT2D eigenvalue weighted by Crippen LogP contribution is 2.36. The number of nitrogens with one attached hydrogen (secondary N) is 1. The van der Waals surface area contributed by atoms with Gasteiger partial charge in [0, 0.05) is 39.0 Å². The van der Waals surface area contributed by atoms with Crippen LogP contribution in [0.5, 0.6) is 11.5 Å². The molecular weight excluding hydrogens is 394 g/mol. The number of nitrogens with zero attached hydrogens (tertiary/aromatic N) is 2. The minimum absolute atomic E-state index is 0.131. The van der Waals surface area contributed by atoms with Crippen LogP contribution in [0.1, 0.15) is 36.8 Å². The van der Waals surface area contributed by atoms with Gasteiger partial charge in [0.2, 0.25) is 6.79 Å². The van der Waals surface area contributed by atoms with Gasteiger partial charge in [-0.1, -0.05) is 48.5 Å². The normalized spacial score (nSPS) is 22.9. The van der Waals surface area contributed by atoms with Crippen LogP contribution in [0.3, 0.4) is 0 Å². The molecule has 0 aromatic heterocycles. The second-order valence-corrected chi connectivity index (χ2v) is 8.66. The van der Waals surface area contributed by atoms with Gasteiger partial charge in [-0.2, -0.15) is 0 Å². The summed E-state index contributed by atoms with van der Waals surface area (Å²) in [6.07, 6.45) is 1.41. The molecule has 2 aromatic rings. The summed E-state index contributed by atoms with van der Waals surface area (Å²) in [4.78, 5) is 20.8. The summed E-state index contributed by atoms with van der Waals surface area (Å²) in [5.74, 6) is 1.71. The zero-order valence-corrected chi connectivity index (χ0v) is 17.7. The predicted molar refractivity (Wildman–Crippen MR) is 116 cm³/mol. The van der Waals surface area contributed by atoms with Crippen molar-refractivity contribution in [2.75, 3.05) is 26.4 Å². The van der Waals surface area contributed by atoms with Gasteiger partial charge in [0.1, 0.15) is 5.71 Å². The molecule has 7 nitrogen and oxygen atoms in total. The average molecular weight is 421 g/mol. The van der Waals surface area contributed by atoms with E-state index in [1.807, 2.05) is 30.3 Å². The lowest BCUT2D eigenvalue weighted by Crippen LogP contribution is -2.37. The first-order valence-corrected chi connectivity index (χ1v) is 10.8. The lowest BCUT2D eigenvalue weighted by molar-refractivity contribution is -0.115. The molecule has 0 radical (unpaired) electrons. The third-order valence-electron chi connectivity index (χ3n) is 6.28. The predicted octanol–water partition coefficient (Wildman–Crippen LogP) is 3.06. The fraction of sp³-hybridized carbons (Fsp3) is 0.417. The van der Waals surface area contributed by atoms with Crippen molar-refractivity contribution in [2.24, 2.45) is 5.16 Å². The Kier molecular flexibility index (Phi) is 5.28. The van der Waals surface area contributed by atoms with Gasteiger partial charge in [-0.15, -0.1) is 0 Å². The maximum absolute atomic E-state index is 12.6. The van der Waals surface area contributed by atoms with Gasteiger partial charge in [-0.05, 0) is 29.2 Å². The second kappa shape index (κ2) is 8.23. The molecular formula is C24H27N3O4. The van der Waals surface area contributed by atoms with Crippen LogP contribution >= 0.6 is 0 Å². The zero-order chi connectivity index (χ0) is 21.3. The molecule has 1 N–H and O–H groups in total. The van der Waals surface area contributed by atoms with E-state index in [1.165, 1.54) is 11.1 Å². The number of likely N-dealkylation sites (tertiary alicyclic amines) is 1. The number of rotatable bonds is 6. The fourth-order valence-electron chi connectivity index (χ4n) is 4.47. The van der Waals surface area contributed by atoms with E-state index < -0.39 is 5.60 Å². The number of carbonyl (C=O) groups excluding carboxylic acids is 1. The third-order valence-corrected chi connectivity index (χ3v) is 6.28. The standard InChI is InChI=1S/C24H27N3O4/c1-17(19-5-3-2-4-6-19)13-25-23(28)20-12-24(31-26-20)9-10-27(15-24)14-18-7-8-21-22(11-18)30-16-29-21/h2-8,11,17H,9-10,12-16H2,1H3,(H,25,28)/t17-,24+/m1/s1. The van der Waals surface area contributed by atoms with Gasteiger partial charge in [0.05, 0.1) is 0 Å². The van der Waals surface area contributed by atoms with Gasteiger partial charge in [0.25, 0.3) is 5.91 Å².